The number of benzene rings is 2. The average Bonchev–Trinajstić information content (AvgIpc) is 2.71. The number of nitrogens with two attached hydrogens (primary N) is 1. The molecule has 1 aliphatic rings. The molecule has 0 saturated carbocycles. The number of terminal acetylenes is 1. The first-order chi connectivity index (χ1) is 14.0. The molecule has 0 radical (unpaired) electrons. The molecule has 0 spiro atoms. The molecule has 0 fully saturated rings. The van der Waals surface area contributed by atoms with Crippen LogP contribution in [0.15, 0.2) is 47.5 Å². The van der Waals surface area contributed by atoms with Crippen LogP contribution in [0.4, 0.5) is 5.69 Å². The second-order valence-corrected chi connectivity index (χ2v) is 7.13. The zero-order chi connectivity index (χ0) is 20.8. The minimum absolute atomic E-state index is 0.176. The number of amidine groups is 1. The highest BCUT2D eigenvalue weighted by Gasteiger charge is 2.21. The SMILES string of the molecule is C#CCN=C(N)c1ccc(C(=O)Nc2ccc3c(c2)CCC(CC(=O)O)C3)cc1. The van der Waals surface area contributed by atoms with Crippen LogP contribution in [0.25, 0.3) is 0 Å². The van der Waals surface area contributed by atoms with Crippen LogP contribution in [0, 0.1) is 18.3 Å². The molecule has 0 aromatic heterocycles. The van der Waals surface area contributed by atoms with Gasteiger partial charge in [0.05, 0.1) is 0 Å². The number of amides is 1. The molecular weight excluding hydrogens is 366 g/mol. The number of nitrogens with zero attached hydrogens (tertiary/aromatic N) is 1. The van der Waals surface area contributed by atoms with Gasteiger partial charge in [-0.15, -0.1) is 6.42 Å². The zero-order valence-corrected chi connectivity index (χ0v) is 16.0. The lowest BCUT2D eigenvalue weighted by atomic mass is 9.82. The number of carboxylic acid groups (broad SMARTS) is 1. The molecule has 2 aromatic carbocycles. The van der Waals surface area contributed by atoms with E-state index in [9.17, 15) is 9.59 Å². The standard InChI is InChI=1S/C23H23N3O3/c1-2-11-25-22(24)16-5-7-17(8-6-16)23(29)26-20-10-9-18-12-15(13-21(27)28)3-4-19(18)14-20/h1,5-10,14-15H,3-4,11-13H2,(H2,24,25)(H,26,29)(H,27,28). The normalized spacial score (nSPS) is 15.8. The molecule has 2 aromatic rings. The van der Waals surface area contributed by atoms with Gasteiger partial charge in [0.15, 0.2) is 0 Å². The molecule has 1 unspecified atom stereocenters. The molecule has 0 saturated heterocycles. The molecule has 6 nitrogen and oxygen atoms in total. The van der Waals surface area contributed by atoms with Gasteiger partial charge in [-0.05, 0) is 60.6 Å². The van der Waals surface area contributed by atoms with Crippen molar-refractivity contribution in [1.29, 1.82) is 0 Å². The first kappa shape index (κ1) is 20.2. The molecule has 148 valence electrons. The lowest BCUT2D eigenvalue weighted by Gasteiger charge is -2.24. The van der Waals surface area contributed by atoms with E-state index in [2.05, 4.69) is 16.2 Å². The number of nitrogens with one attached hydrogen (secondary N) is 1. The van der Waals surface area contributed by atoms with Crippen molar-refractivity contribution in [2.24, 2.45) is 16.6 Å². The van der Waals surface area contributed by atoms with Crippen molar-refractivity contribution in [3.63, 3.8) is 0 Å². The number of aliphatic carboxylic acids is 1. The van der Waals surface area contributed by atoms with Crippen LogP contribution in [0.2, 0.25) is 0 Å². The summed E-state index contributed by atoms with van der Waals surface area (Å²) in [5.41, 5.74) is 10.1. The Labute approximate surface area is 169 Å². The van der Waals surface area contributed by atoms with E-state index in [1.165, 1.54) is 0 Å². The molecule has 0 heterocycles. The number of carbonyl (C=O) groups excluding carboxylic acids is 1. The van der Waals surface area contributed by atoms with E-state index in [-0.39, 0.29) is 24.8 Å². The highest BCUT2D eigenvalue weighted by Crippen LogP contribution is 2.29. The lowest BCUT2D eigenvalue weighted by molar-refractivity contribution is -0.138. The Morgan fingerprint density at radius 2 is 1.90 bits per heavy atom. The molecule has 1 aliphatic carbocycles. The Morgan fingerprint density at radius 1 is 1.17 bits per heavy atom. The number of anilines is 1. The monoisotopic (exact) mass is 389 g/mol. The minimum Gasteiger partial charge on any atom is -0.481 e. The van der Waals surface area contributed by atoms with Gasteiger partial charge in [-0.2, -0.15) is 0 Å². The van der Waals surface area contributed by atoms with Crippen molar-refractivity contribution < 1.29 is 14.7 Å². The van der Waals surface area contributed by atoms with Gasteiger partial charge >= 0.3 is 5.97 Å². The predicted octanol–water partition coefficient (Wildman–Crippen LogP) is 2.86. The highest BCUT2D eigenvalue weighted by molar-refractivity contribution is 6.05. The van der Waals surface area contributed by atoms with Gasteiger partial charge in [-0.25, -0.2) is 0 Å². The summed E-state index contributed by atoms with van der Waals surface area (Å²) in [6, 6.07) is 12.7. The molecule has 0 aliphatic heterocycles. The number of hydrogen-bond acceptors (Lipinski definition) is 3. The Balaban J connectivity index is 1.66. The maximum Gasteiger partial charge on any atom is 0.303 e. The van der Waals surface area contributed by atoms with Crippen molar-refractivity contribution >= 4 is 23.4 Å². The summed E-state index contributed by atoms with van der Waals surface area (Å²) in [6.07, 6.45) is 7.80. The minimum atomic E-state index is -0.752. The molecule has 4 N–H and O–H groups in total. The van der Waals surface area contributed by atoms with Crippen LogP contribution in [-0.4, -0.2) is 29.4 Å². The summed E-state index contributed by atoms with van der Waals surface area (Å²) in [4.78, 5) is 27.5. The summed E-state index contributed by atoms with van der Waals surface area (Å²) in [5.74, 6) is 1.95. The van der Waals surface area contributed by atoms with E-state index in [0.29, 0.717) is 17.0 Å². The highest BCUT2D eigenvalue weighted by atomic mass is 16.4. The summed E-state index contributed by atoms with van der Waals surface area (Å²) in [6.45, 7) is 0.212. The van der Waals surface area contributed by atoms with E-state index in [1.54, 1.807) is 24.3 Å². The van der Waals surface area contributed by atoms with E-state index in [1.807, 2.05) is 18.2 Å². The van der Waals surface area contributed by atoms with E-state index in [0.717, 1.165) is 36.1 Å². The summed E-state index contributed by atoms with van der Waals surface area (Å²) in [7, 11) is 0. The Bertz CT molecular complexity index is 987. The number of aryl methyl sites for hydroxylation is 1. The van der Waals surface area contributed by atoms with Crippen LogP contribution in [0.5, 0.6) is 0 Å². The molecular formula is C23H23N3O3. The van der Waals surface area contributed by atoms with Gasteiger partial charge in [0.25, 0.3) is 5.91 Å². The van der Waals surface area contributed by atoms with Gasteiger partial charge in [0.1, 0.15) is 12.4 Å². The Hall–Kier alpha value is -3.59. The Kier molecular flexibility index (Phi) is 6.30. The molecule has 29 heavy (non-hydrogen) atoms. The third kappa shape index (κ3) is 5.23. The zero-order valence-electron chi connectivity index (χ0n) is 16.0. The molecule has 6 heteroatoms. The molecule has 1 atom stereocenters. The topological polar surface area (TPSA) is 105 Å². The van der Waals surface area contributed by atoms with Crippen molar-refractivity contribution in [3.05, 3.63) is 64.7 Å². The third-order valence-electron chi connectivity index (χ3n) is 5.04. The first-order valence-electron chi connectivity index (χ1n) is 9.45. The van der Waals surface area contributed by atoms with Gasteiger partial charge < -0.3 is 16.2 Å². The fourth-order valence-corrected chi connectivity index (χ4v) is 3.55. The smallest absolute Gasteiger partial charge is 0.303 e. The fraction of sp³-hybridized carbons (Fsp3) is 0.261. The molecule has 3 rings (SSSR count). The average molecular weight is 389 g/mol. The van der Waals surface area contributed by atoms with Crippen LogP contribution < -0.4 is 11.1 Å². The first-order valence-corrected chi connectivity index (χ1v) is 9.45. The van der Waals surface area contributed by atoms with Crippen molar-refractivity contribution in [1.82, 2.24) is 0 Å². The van der Waals surface area contributed by atoms with Crippen molar-refractivity contribution in [2.75, 3.05) is 11.9 Å². The number of fused-ring (bicyclic) bond motifs is 1. The third-order valence-corrected chi connectivity index (χ3v) is 5.04. The summed E-state index contributed by atoms with van der Waals surface area (Å²) in [5, 5.41) is 11.9. The molecule has 0 bridgehead atoms. The van der Waals surface area contributed by atoms with Crippen molar-refractivity contribution in [2.45, 2.75) is 25.7 Å². The molecule has 1 amide bonds. The van der Waals surface area contributed by atoms with Gasteiger partial charge in [0.2, 0.25) is 0 Å². The number of carbonyl (C=O) groups is 2. The fourth-order valence-electron chi connectivity index (χ4n) is 3.55. The maximum absolute atomic E-state index is 12.5. The summed E-state index contributed by atoms with van der Waals surface area (Å²) < 4.78 is 0. The van der Waals surface area contributed by atoms with Crippen LogP contribution in [-0.2, 0) is 17.6 Å². The summed E-state index contributed by atoms with van der Waals surface area (Å²) >= 11 is 0. The number of aliphatic imine (C=N–C) groups is 1. The largest absolute Gasteiger partial charge is 0.481 e. The van der Waals surface area contributed by atoms with Gasteiger partial charge in [-0.3, -0.25) is 14.6 Å². The van der Waals surface area contributed by atoms with E-state index in [4.69, 9.17) is 17.3 Å². The number of carboxylic acids is 1. The van der Waals surface area contributed by atoms with Crippen LogP contribution in [0.3, 0.4) is 0 Å². The van der Waals surface area contributed by atoms with Crippen molar-refractivity contribution in [3.8, 4) is 12.3 Å². The number of hydrogen-bond donors (Lipinski definition) is 3. The second-order valence-electron chi connectivity index (χ2n) is 7.13. The van der Waals surface area contributed by atoms with Crippen LogP contribution in [0.1, 0.15) is 39.9 Å². The maximum atomic E-state index is 12.5. The second kappa shape index (κ2) is 9.07. The van der Waals surface area contributed by atoms with Gasteiger partial charge in [-0.1, -0.05) is 24.1 Å². The van der Waals surface area contributed by atoms with Gasteiger partial charge in [0, 0.05) is 23.2 Å². The lowest BCUT2D eigenvalue weighted by Crippen LogP contribution is -2.18. The predicted molar refractivity (Wildman–Crippen MR) is 113 cm³/mol. The number of rotatable bonds is 6. The van der Waals surface area contributed by atoms with E-state index < -0.39 is 5.97 Å². The van der Waals surface area contributed by atoms with E-state index >= 15 is 0 Å². The van der Waals surface area contributed by atoms with Crippen LogP contribution >= 0.6 is 0 Å². The Morgan fingerprint density at radius 3 is 2.59 bits per heavy atom. The quantitative estimate of drug-likeness (QED) is 0.401.